The van der Waals surface area contributed by atoms with Gasteiger partial charge in [0.25, 0.3) is 0 Å². The molecule has 5 nitrogen and oxygen atoms in total. The predicted molar refractivity (Wildman–Crippen MR) is 152 cm³/mol. The molecule has 0 fully saturated rings. The Morgan fingerprint density at radius 2 is 1.59 bits per heavy atom. The van der Waals surface area contributed by atoms with Crippen molar-refractivity contribution in [1.29, 1.82) is 0 Å². The zero-order valence-corrected chi connectivity index (χ0v) is 23.3. The average molecular weight is 518 g/mol. The van der Waals surface area contributed by atoms with E-state index in [4.69, 9.17) is 8.92 Å². The lowest BCUT2D eigenvalue weighted by Gasteiger charge is -2.09. The smallest absolute Gasteiger partial charge is 0.339 e. The van der Waals surface area contributed by atoms with Crippen LogP contribution in [0.4, 0.5) is 0 Å². The molecule has 0 aliphatic heterocycles. The Kier molecular flexibility index (Phi) is 7.79. The molecule has 0 unspecified atom stereocenters. The molecule has 0 radical (unpaired) electrons. The fourth-order valence-electron chi connectivity index (χ4n) is 4.51. The topological polar surface area (TPSA) is 68.4 Å². The van der Waals surface area contributed by atoms with E-state index < -0.39 is 10.1 Å². The van der Waals surface area contributed by atoms with Crippen molar-refractivity contribution in [3.63, 3.8) is 0 Å². The van der Waals surface area contributed by atoms with Crippen molar-refractivity contribution in [2.24, 2.45) is 0 Å². The van der Waals surface area contributed by atoms with Gasteiger partial charge >= 0.3 is 10.1 Å². The zero-order valence-electron chi connectivity index (χ0n) is 22.4. The molecule has 0 atom stereocenters. The molecule has 37 heavy (non-hydrogen) atoms. The van der Waals surface area contributed by atoms with E-state index >= 15 is 0 Å². The lowest BCUT2D eigenvalue weighted by molar-refractivity contribution is 0.411. The molecular formula is C31H35NO4S. The van der Waals surface area contributed by atoms with Crippen LogP contribution < -0.4 is 8.92 Å². The number of rotatable bonds is 9. The third-order valence-corrected chi connectivity index (χ3v) is 7.78. The minimum absolute atomic E-state index is 0.125. The number of aryl methyl sites for hydroxylation is 2. The van der Waals surface area contributed by atoms with Crippen molar-refractivity contribution in [3.05, 3.63) is 88.5 Å². The van der Waals surface area contributed by atoms with Crippen LogP contribution in [0.5, 0.6) is 11.5 Å². The van der Waals surface area contributed by atoms with Gasteiger partial charge in [-0.05, 0) is 95.8 Å². The fourth-order valence-corrected chi connectivity index (χ4v) is 5.45. The normalized spacial score (nSPS) is 12.2. The van der Waals surface area contributed by atoms with Gasteiger partial charge in [0, 0.05) is 16.3 Å². The van der Waals surface area contributed by atoms with Crippen molar-refractivity contribution >= 4 is 31.9 Å². The molecule has 0 saturated carbocycles. The Bertz CT molecular complexity index is 1600. The molecule has 0 aliphatic rings. The summed E-state index contributed by atoms with van der Waals surface area (Å²) in [7, 11) is -2.32. The summed E-state index contributed by atoms with van der Waals surface area (Å²) >= 11 is 0. The van der Waals surface area contributed by atoms with Gasteiger partial charge in [-0.15, -0.1) is 0 Å². The zero-order chi connectivity index (χ0) is 26.7. The van der Waals surface area contributed by atoms with Gasteiger partial charge in [0.15, 0.2) is 5.75 Å². The van der Waals surface area contributed by atoms with E-state index in [0.29, 0.717) is 11.9 Å². The third kappa shape index (κ3) is 5.91. The molecule has 4 rings (SSSR count). The standard InChI is InChI=1S/C31H35NO4S/c1-20(2)8-7-9-21(3)12-15-26-28(35-6)17-16-25-27-18-23(5)19-29(31(27)32-30(25)26)36-37(33,34)24-13-10-22(4)11-14-24/h8,10-14,16-19,32H,7,9,15H2,1-6H3. The van der Waals surface area contributed by atoms with Gasteiger partial charge in [0.1, 0.15) is 10.6 Å². The second-order valence-electron chi connectivity index (χ2n) is 9.90. The summed E-state index contributed by atoms with van der Waals surface area (Å²) in [5.74, 6) is 1.07. The summed E-state index contributed by atoms with van der Waals surface area (Å²) in [6.45, 7) is 10.2. The van der Waals surface area contributed by atoms with E-state index in [1.165, 1.54) is 11.1 Å². The van der Waals surface area contributed by atoms with Crippen molar-refractivity contribution in [1.82, 2.24) is 4.98 Å². The molecular weight excluding hydrogens is 482 g/mol. The molecule has 0 aliphatic carbocycles. The number of hydrogen-bond donors (Lipinski definition) is 1. The number of aromatic nitrogens is 1. The molecule has 0 amide bonds. The van der Waals surface area contributed by atoms with Crippen molar-refractivity contribution in [2.45, 2.75) is 58.8 Å². The van der Waals surface area contributed by atoms with Crippen LogP contribution >= 0.6 is 0 Å². The monoisotopic (exact) mass is 517 g/mol. The van der Waals surface area contributed by atoms with Gasteiger partial charge in [-0.25, -0.2) is 0 Å². The molecule has 6 heteroatoms. The number of nitrogens with one attached hydrogen (secondary N) is 1. The van der Waals surface area contributed by atoms with Crippen molar-refractivity contribution < 1.29 is 17.3 Å². The molecule has 194 valence electrons. The number of ether oxygens (including phenoxy) is 1. The third-order valence-electron chi connectivity index (χ3n) is 6.53. The SMILES string of the molecule is COc1ccc2c([nH]c3c(OS(=O)(=O)c4ccc(C)cc4)cc(C)cc32)c1CC=C(C)CCC=C(C)C. The lowest BCUT2D eigenvalue weighted by Crippen LogP contribution is -2.10. The number of fused-ring (bicyclic) bond motifs is 3. The van der Waals surface area contributed by atoms with Crippen LogP contribution in [0.2, 0.25) is 0 Å². The maximum Gasteiger partial charge on any atom is 0.339 e. The van der Waals surface area contributed by atoms with Crippen LogP contribution in [-0.2, 0) is 16.5 Å². The predicted octanol–water partition coefficient (Wildman–Crippen LogP) is 7.95. The van der Waals surface area contributed by atoms with Crippen LogP contribution in [0.1, 0.15) is 50.3 Å². The van der Waals surface area contributed by atoms with E-state index in [2.05, 4.69) is 44.0 Å². The van der Waals surface area contributed by atoms with Crippen LogP contribution in [-0.4, -0.2) is 20.5 Å². The Morgan fingerprint density at radius 1 is 0.865 bits per heavy atom. The summed E-state index contributed by atoms with van der Waals surface area (Å²) in [5, 5.41) is 1.92. The largest absolute Gasteiger partial charge is 0.496 e. The first-order chi connectivity index (χ1) is 17.6. The van der Waals surface area contributed by atoms with E-state index in [1.807, 2.05) is 26.0 Å². The second-order valence-corrected chi connectivity index (χ2v) is 11.5. The van der Waals surface area contributed by atoms with Crippen LogP contribution in [0.15, 0.2) is 76.7 Å². The molecule has 0 spiro atoms. The van der Waals surface area contributed by atoms with Crippen LogP contribution in [0, 0.1) is 13.8 Å². The molecule has 0 bridgehead atoms. The number of aromatic amines is 1. The molecule has 1 aromatic heterocycles. The maximum atomic E-state index is 13.1. The van der Waals surface area contributed by atoms with Gasteiger partial charge < -0.3 is 13.9 Å². The molecule has 1 heterocycles. The van der Waals surface area contributed by atoms with Gasteiger partial charge in [0.05, 0.1) is 18.1 Å². The number of methoxy groups -OCH3 is 1. The number of allylic oxidation sites excluding steroid dienone is 4. The van der Waals surface area contributed by atoms with Crippen LogP contribution in [0.3, 0.4) is 0 Å². The van der Waals surface area contributed by atoms with Crippen LogP contribution in [0.25, 0.3) is 21.8 Å². The maximum absolute atomic E-state index is 13.1. The Labute approximate surface area is 219 Å². The van der Waals surface area contributed by atoms with Gasteiger partial charge in [-0.2, -0.15) is 8.42 Å². The highest BCUT2D eigenvalue weighted by Crippen LogP contribution is 2.38. The highest BCUT2D eigenvalue weighted by Gasteiger charge is 2.21. The number of H-pyrrole nitrogens is 1. The van der Waals surface area contributed by atoms with E-state index in [9.17, 15) is 8.42 Å². The summed E-state index contributed by atoms with van der Waals surface area (Å²) < 4.78 is 37.6. The average Bonchev–Trinajstić information content (AvgIpc) is 3.21. The first kappa shape index (κ1) is 26.6. The summed E-state index contributed by atoms with van der Waals surface area (Å²) in [6.07, 6.45) is 7.22. The van der Waals surface area contributed by atoms with Gasteiger partial charge in [0.2, 0.25) is 0 Å². The van der Waals surface area contributed by atoms with Crippen molar-refractivity contribution in [2.75, 3.05) is 7.11 Å². The summed E-state index contributed by atoms with van der Waals surface area (Å²) in [6, 6.07) is 14.5. The van der Waals surface area contributed by atoms with E-state index in [-0.39, 0.29) is 10.6 Å². The molecule has 4 aromatic rings. The highest BCUT2D eigenvalue weighted by atomic mass is 32.2. The van der Waals surface area contributed by atoms with E-state index in [0.717, 1.165) is 51.6 Å². The van der Waals surface area contributed by atoms with Gasteiger partial charge in [-0.3, -0.25) is 0 Å². The minimum atomic E-state index is -3.99. The molecule has 0 saturated heterocycles. The number of benzene rings is 3. The molecule has 1 N–H and O–H groups in total. The number of hydrogen-bond acceptors (Lipinski definition) is 4. The quantitative estimate of drug-likeness (QED) is 0.181. The summed E-state index contributed by atoms with van der Waals surface area (Å²) in [4.78, 5) is 3.60. The first-order valence-electron chi connectivity index (χ1n) is 12.5. The lowest BCUT2D eigenvalue weighted by atomic mass is 10.0. The van der Waals surface area contributed by atoms with E-state index in [1.54, 1.807) is 37.4 Å². The second kappa shape index (κ2) is 10.9. The van der Waals surface area contributed by atoms with Crippen molar-refractivity contribution in [3.8, 4) is 11.5 Å². The summed E-state index contributed by atoms with van der Waals surface area (Å²) in [5.41, 5.74) is 7.14. The Balaban J connectivity index is 1.78. The Morgan fingerprint density at radius 3 is 2.27 bits per heavy atom. The fraction of sp³-hybridized carbons (Fsp3) is 0.290. The minimum Gasteiger partial charge on any atom is -0.496 e. The van der Waals surface area contributed by atoms with Gasteiger partial charge in [-0.1, -0.05) is 41.0 Å². The first-order valence-corrected chi connectivity index (χ1v) is 13.9. The Hall–Kier alpha value is -3.51. The highest BCUT2D eigenvalue weighted by molar-refractivity contribution is 7.87. The molecule has 3 aromatic carbocycles.